The van der Waals surface area contributed by atoms with E-state index in [1.54, 1.807) is 14.0 Å². The molecule has 0 aliphatic heterocycles. The van der Waals surface area contributed by atoms with Crippen LogP contribution >= 0.6 is 0 Å². The molecular formula is C34H55NO4. The average molecular weight is 542 g/mol. The zero-order chi connectivity index (χ0) is 28.1. The van der Waals surface area contributed by atoms with Gasteiger partial charge in [0.05, 0.1) is 0 Å². The molecule has 6 atom stereocenters. The smallest absolute Gasteiger partial charge is 0.412 e. The maximum atomic E-state index is 12.7. The standard InChI is InChI=1S/C20H27NO3.C14H28O/c1-4-21(19(22)24-13(2)23-3)18-16-11-10-15-12-20(15,16)17(18)14-8-6-5-7-9-14;1-2-3-4-5-6-7-8-9-10-11-12-13-14-15/h5-9,13,15-18H,4,10-12H2,1-3H3;14H,2-13H2,1H3. The SMILES string of the molecule is CCCCCCCCCCCCCC=O.CCN(C(=O)OC(C)OC)C1C2CCC3CC32C1c1ccccc1. The van der Waals surface area contributed by atoms with Gasteiger partial charge in [0.25, 0.3) is 0 Å². The van der Waals surface area contributed by atoms with E-state index < -0.39 is 6.29 Å². The summed E-state index contributed by atoms with van der Waals surface area (Å²) >= 11 is 0. The maximum absolute atomic E-state index is 12.7. The van der Waals surface area contributed by atoms with Gasteiger partial charge in [0.2, 0.25) is 6.29 Å². The highest BCUT2D eigenvalue weighted by Crippen LogP contribution is 2.81. The summed E-state index contributed by atoms with van der Waals surface area (Å²) in [5, 5.41) is 0. The fourth-order valence-electron chi connectivity index (χ4n) is 7.55. The number of methoxy groups -OCH3 is 1. The molecule has 1 spiro atoms. The minimum atomic E-state index is -0.506. The summed E-state index contributed by atoms with van der Waals surface area (Å²) in [7, 11) is 1.56. The van der Waals surface area contributed by atoms with Crippen molar-refractivity contribution in [2.45, 2.75) is 135 Å². The second-order valence-corrected chi connectivity index (χ2v) is 12.0. The second kappa shape index (κ2) is 16.4. The monoisotopic (exact) mass is 541 g/mol. The van der Waals surface area contributed by atoms with Gasteiger partial charge in [-0.25, -0.2) is 4.79 Å². The molecule has 220 valence electrons. The van der Waals surface area contributed by atoms with Gasteiger partial charge in [-0.2, -0.15) is 0 Å². The lowest BCUT2D eigenvalue weighted by molar-refractivity contribution is -0.108. The Hall–Kier alpha value is -1.88. The van der Waals surface area contributed by atoms with E-state index in [1.165, 1.54) is 89.0 Å². The molecule has 4 rings (SSSR count). The molecule has 3 aliphatic carbocycles. The van der Waals surface area contributed by atoms with Gasteiger partial charge >= 0.3 is 6.09 Å². The third kappa shape index (κ3) is 8.08. The van der Waals surface area contributed by atoms with E-state index in [4.69, 9.17) is 9.47 Å². The van der Waals surface area contributed by atoms with Crippen LogP contribution in [0.4, 0.5) is 4.79 Å². The first-order valence-electron chi connectivity index (χ1n) is 16.0. The highest BCUT2D eigenvalue weighted by molar-refractivity contribution is 5.69. The van der Waals surface area contributed by atoms with Crippen LogP contribution in [0.1, 0.15) is 129 Å². The van der Waals surface area contributed by atoms with Crippen molar-refractivity contribution in [2.75, 3.05) is 13.7 Å². The number of carbonyl (C=O) groups is 2. The van der Waals surface area contributed by atoms with Crippen molar-refractivity contribution in [1.82, 2.24) is 4.90 Å². The summed E-state index contributed by atoms with van der Waals surface area (Å²) in [5.74, 6) is 1.97. The molecule has 3 aliphatic rings. The Bertz CT molecular complexity index is 845. The van der Waals surface area contributed by atoms with Gasteiger partial charge in [0.15, 0.2) is 0 Å². The summed E-state index contributed by atoms with van der Waals surface area (Å²) in [6.45, 7) is 6.75. The van der Waals surface area contributed by atoms with Gasteiger partial charge in [-0.1, -0.05) is 101 Å². The van der Waals surface area contributed by atoms with Crippen LogP contribution in [-0.4, -0.2) is 43.3 Å². The molecule has 0 N–H and O–H groups in total. The second-order valence-electron chi connectivity index (χ2n) is 12.0. The topological polar surface area (TPSA) is 55.8 Å². The van der Waals surface area contributed by atoms with E-state index in [1.807, 2.05) is 11.8 Å². The highest BCUT2D eigenvalue weighted by Gasteiger charge is 2.77. The fourth-order valence-corrected chi connectivity index (χ4v) is 7.55. The predicted octanol–water partition coefficient (Wildman–Crippen LogP) is 8.91. The van der Waals surface area contributed by atoms with Gasteiger partial charge in [0, 0.05) is 32.0 Å². The largest absolute Gasteiger partial charge is 0.420 e. The van der Waals surface area contributed by atoms with Gasteiger partial charge in [-0.15, -0.1) is 0 Å². The molecular weight excluding hydrogens is 486 g/mol. The lowest BCUT2D eigenvalue weighted by Crippen LogP contribution is -2.60. The van der Waals surface area contributed by atoms with Crippen LogP contribution in [0, 0.1) is 17.3 Å². The first kappa shape index (κ1) is 31.6. The Balaban J connectivity index is 0.000000244. The molecule has 1 amide bonds. The summed E-state index contributed by atoms with van der Waals surface area (Å²) in [6.07, 6.45) is 19.8. The number of amides is 1. The quantitative estimate of drug-likeness (QED) is 0.112. The van der Waals surface area contributed by atoms with E-state index in [2.05, 4.69) is 37.3 Å². The van der Waals surface area contributed by atoms with Crippen LogP contribution in [-0.2, 0) is 14.3 Å². The van der Waals surface area contributed by atoms with Crippen LogP contribution in [0.2, 0.25) is 0 Å². The highest BCUT2D eigenvalue weighted by atomic mass is 16.7. The van der Waals surface area contributed by atoms with Crippen molar-refractivity contribution >= 4 is 12.4 Å². The van der Waals surface area contributed by atoms with Crippen molar-refractivity contribution in [2.24, 2.45) is 17.3 Å². The molecule has 39 heavy (non-hydrogen) atoms. The van der Waals surface area contributed by atoms with E-state index in [0.717, 1.165) is 25.0 Å². The van der Waals surface area contributed by atoms with Crippen molar-refractivity contribution < 1.29 is 19.1 Å². The number of hydrogen-bond acceptors (Lipinski definition) is 4. The van der Waals surface area contributed by atoms with E-state index in [-0.39, 0.29) is 12.1 Å². The Kier molecular flexibility index (Phi) is 13.3. The third-order valence-corrected chi connectivity index (χ3v) is 9.67. The number of aldehydes is 1. The predicted molar refractivity (Wildman–Crippen MR) is 159 cm³/mol. The van der Waals surface area contributed by atoms with E-state index in [9.17, 15) is 9.59 Å². The molecule has 5 nitrogen and oxygen atoms in total. The first-order chi connectivity index (χ1) is 19.0. The number of carbonyl (C=O) groups excluding carboxylic acids is 2. The molecule has 0 radical (unpaired) electrons. The molecule has 1 aromatic rings. The molecule has 3 saturated carbocycles. The van der Waals surface area contributed by atoms with Crippen molar-refractivity contribution in [1.29, 1.82) is 0 Å². The molecule has 3 fully saturated rings. The van der Waals surface area contributed by atoms with Gasteiger partial charge in [-0.3, -0.25) is 0 Å². The molecule has 5 heteroatoms. The van der Waals surface area contributed by atoms with Crippen LogP contribution in [0.3, 0.4) is 0 Å². The van der Waals surface area contributed by atoms with Crippen molar-refractivity contribution in [3.05, 3.63) is 35.9 Å². The van der Waals surface area contributed by atoms with Crippen molar-refractivity contribution in [3.63, 3.8) is 0 Å². The lowest BCUT2D eigenvalue weighted by Gasteiger charge is -2.56. The van der Waals surface area contributed by atoms with Gasteiger partial charge in [0.1, 0.15) is 6.29 Å². The zero-order valence-electron chi connectivity index (χ0n) is 25.2. The molecule has 0 saturated heterocycles. The third-order valence-electron chi connectivity index (χ3n) is 9.67. The molecule has 1 aromatic carbocycles. The molecule has 0 bridgehead atoms. The number of likely N-dealkylation sites (N-methyl/N-ethyl adjacent to an activating group) is 1. The first-order valence-corrected chi connectivity index (χ1v) is 16.0. The Morgan fingerprint density at radius 2 is 1.59 bits per heavy atom. The average Bonchev–Trinajstić information content (AvgIpc) is 3.62. The van der Waals surface area contributed by atoms with Crippen LogP contribution in [0.5, 0.6) is 0 Å². The molecule has 6 unspecified atom stereocenters. The lowest BCUT2D eigenvalue weighted by atomic mass is 9.55. The van der Waals surface area contributed by atoms with Crippen LogP contribution in [0.15, 0.2) is 30.3 Å². The van der Waals surface area contributed by atoms with Crippen molar-refractivity contribution in [3.8, 4) is 0 Å². The number of hydrogen-bond donors (Lipinski definition) is 0. The zero-order valence-corrected chi connectivity index (χ0v) is 25.2. The number of benzene rings is 1. The molecule has 0 aromatic heterocycles. The Labute approximate surface area is 238 Å². The summed E-state index contributed by atoms with van der Waals surface area (Å²) in [4.78, 5) is 24.7. The van der Waals surface area contributed by atoms with Gasteiger partial charge < -0.3 is 19.2 Å². The summed E-state index contributed by atoms with van der Waals surface area (Å²) < 4.78 is 10.6. The summed E-state index contributed by atoms with van der Waals surface area (Å²) in [5.41, 5.74) is 1.85. The number of rotatable bonds is 17. The number of nitrogens with zero attached hydrogens (tertiary/aromatic N) is 1. The fraction of sp³-hybridized carbons (Fsp3) is 0.765. The molecule has 0 heterocycles. The minimum Gasteiger partial charge on any atom is -0.420 e. The number of ether oxygens (including phenoxy) is 2. The van der Waals surface area contributed by atoms with Crippen LogP contribution in [0.25, 0.3) is 0 Å². The Morgan fingerprint density at radius 3 is 2.13 bits per heavy atom. The van der Waals surface area contributed by atoms with Crippen LogP contribution < -0.4 is 0 Å². The maximum Gasteiger partial charge on any atom is 0.412 e. The normalized spacial score (nSPS) is 26.8. The summed E-state index contributed by atoms with van der Waals surface area (Å²) in [6, 6.07) is 11.0. The van der Waals surface area contributed by atoms with E-state index in [0.29, 0.717) is 23.8 Å². The Morgan fingerprint density at radius 1 is 0.974 bits per heavy atom. The minimum absolute atomic E-state index is 0.239. The van der Waals surface area contributed by atoms with E-state index >= 15 is 0 Å². The number of unbranched alkanes of at least 4 members (excludes halogenated alkanes) is 11. The van der Waals surface area contributed by atoms with Gasteiger partial charge in [-0.05, 0) is 62.3 Å².